The summed E-state index contributed by atoms with van der Waals surface area (Å²) in [5, 5.41) is 3.46. The molecule has 5 heteroatoms. The van der Waals surface area contributed by atoms with Gasteiger partial charge < -0.3 is 15.0 Å². The Balaban J connectivity index is 1.99. The number of rotatable bonds is 3. The van der Waals surface area contributed by atoms with Crippen molar-refractivity contribution in [2.45, 2.75) is 58.6 Å². The molecule has 1 N–H and O–H groups in total. The number of nitrogens with zero attached hydrogens (tertiary/aromatic N) is 1. The first kappa shape index (κ1) is 18.1. The molecule has 1 saturated heterocycles. The Labute approximate surface area is 147 Å². The summed E-state index contributed by atoms with van der Waals surface area (Å²) in [5.41, 5.74) is 1.83. The molecule has 1 fully saturated rings. The van der Waals surface area contributed by atoms with Gasteiger partial charge in [0.05, 0.1) is 6.04 Å². The van der Waals surface area contributed by atoms with Gasteiger partial charge in [-0.05, 0) is 80.6 Å². The second-order valence-corrected chi connectivity index (χ2v) is 8.04. The van der Waals surface area contributed by atoms with Crippen LogP contribution < -0.4 is 5.32 Å². The van der Waals surface area contributed by atoms with Crippen LogP contribution in [-0.2, 0) is 4.74 Å². The number of hydrogen-bond donors (Lipinski definition) is 1. The number of nitrogens with one attached hydrogen (secondary N) is 1. The Hall–Kier alpha value is -1.23. The second-order valence-electron chi connectivity index (χ2n) is 7.19. The van der Waals surface area contributed by atoms with Gasteiger partial charge in [0.25, 0.3) is 0 Å². The normalized spacial score (nSPS) is 18.7. The Morgan fingerprint density at radius 3 is 2.78 bits per heavy atom. The zero-order valence-corrected chi connectivity index (χ0v) is 16.1. The maximum atomic E-state index is 12.4. The second kappa shape index (κ2) is 7.56. The number of halogens is 1. The van der Waals surface area contributed by atoms with E-state index in [9.17, 15) is 4.79 Å². The van der Waals surface area contributed by atoms with E-state index in [1.54, 1.807) is 0 Å². The molecule has 1 aromatic rings. The summed E-state index contributed by atoms with van der Waals surface area (Å²) in [6, 6.07) is 6.42. The quantitative estimate of drug-likeness (QED) is 0.802. The molecule has 0 bridgehead atoms. The van der Waals surface area contributed by atoms with Crippen LogP contribution in [-0.4, -0.2) is 35.7 Å². The molecule has 4 nitrogen and oxygen atoms in total. The summed E-state index contributed by atoms with van der Waals surface area (Å²) < 4.78 is 6.60. The lowest BCUT2D eigenvalue weighted by Gasteiger charge is -2.37. The maximum Gasteiger partial charge on any atom is 0.410 e. The average molecular weight is 383 g/mol. The molecule has 1 unspecified atom stereocenters. The SMILES string of the molecule is Cc1ccc(NCC2CCCCN2C(=O)OC(C)(C)C)c(Br)c1. The molecule has 0 saturated carbocycles. The number of piperidine rings is 1. The zero-order chi connectivity index (χ0) is 17.0. The number of amides is 1. The van der Waals surface area contributed by atoms with Crippen LogP contribution in [0.3, 0.4) is 0 Å². The van der Waals surface area contributed by atoms with Crippen LogP contribution >= 0.6 is 15.9 Å². The van der Waals surface area contributed by atoms with Gasteiger partial charge >= 0.3 is 6.09 Å². The Morgan fingerprint density at radius 1 is 1.39 bits per heavy atom. The lowest BCUT2D eigenvalue weighted by atomic mass is 10.0. The minimum Gasteiger partial charge on any atom is -0.444 e. The number of carbonyl (C=O) groups excluding carboxylic acids is 1. The van der Waals surface area contributed by atoms with Crippen molar-refractivity contribution in [3.8, 4) is 0 Å². The van der Waals surface area contributed by atoms with Gasteiger partial charge in [-0.3, -0.25) is 0 Å². The maximum absolute atomic E-state index is 12.4. The van der Waals surface area contributed by atoms with E-state index in [1.165, 1.54) is 5.56 Å². The van der Waals surface area contributed by atoms with Gasteiger partial charge in [0, 0.05) is 23.2 Å². The van der Waals surface area contributed by atoms with E-state index in [0.29, 0.717) is 0 Å². The van der Waals surface area contributed by atoms with Gasteiger partial charge in [0.2, 0.25) is 0 Å². The fourth-order valence-corrected chi connectivity index (χ4v) is 3.40. The molecule has 1 aliphatic rings. The summed E-state index contributed by atoms with van der Waals surface area (Å²) in [6.07, 6.45) is 3.01. The minimum absolute atomic E-state index is 0.173. The van der Waals surface area contributed by atoms with Gasteiger partial charge in [-0.1, -0.05) is 6.07 Å². The van der Waals surface area contributed by atoms with E-state index in [4.69, 9.17) is 4.74 Å². The molecule has 1 amide bonds. The number of carbonyl (C=O) groups is 1. The summed E-state index contributed by atoms with van der Waals surface area (Å²) in [6.45, 7) is 9.31. The number of benzene rings is 1. The van der Waals surface area contributed by atoms with Crippen LogP contribution in [0.15, 0.2) is 22.7 Å². The van der Waals surface area contributed by atoms with Gasteiger partial charge in [-0.25, -0.2) is 4.79 Å². The first-order chi connectivity index (χ1) is 10.8. The van der Waals surface area contributed by atoms with Gasteiger partial charge in [-0.2, -0.15) is 0 Å². The molecular formula is C18H27BrN2O2. The summed E-state index contributed by atoms with van der Waals surface area (Å²) in [5.74, 6) is 0. The highest BCUT2D eigenvalue weighted by atomic mass is 79.9. The van der Waals surface area contributed by atoms with Crippen molar-refractivity contribution in [2.75, 3.05) is 18.4 Å². The molecular weight excluding hydrogens is 356 g/mol. The van der Waals surface area contributed by atoms with Crippen molar-refractivity contribution in [1.82, 2.24) is 4.90 Å². The van der Waals surface area contributed by atoms with Gasteiger partial charge in [0.1, 0.15) is 5.60 Å². The smallest absolute Gasteiger partial charge is 0.410 e. The molecule has 128 valence electrons. The first-order valence-corrected chi connectivity index (χ1v) is 9.05. The fourth-order valence-electron chi connectivity index (χ4n) is 2.76. The van der Waals surface area contributed by atoms with Crippen LogP contribution in [0.2, 0.25) is 0 Å². The lowest BCUT2D eigenvalue weighted by Crippen LogP contribution is -2.48. The Kier molecular flexibility index (Phi) is 5.95. The van der Waals surface area contributed by atoms with Gasteiger partial charge in [-0.15, -0.1) is 0 Å². The molecule has 2 rings (SSSR count). The number of likely N-dealkylation sites (tertiary alicyclic amines) is 1. The lowest BCUT2D eigenvalue weighted by molar-refractivity contribution is 0.0114. The van der Waals surface area contributed by atoms with Crippen molar-refractivity contribution in [1.29, 1.82) is 0 Å². The van der Waals surface area contributed by atoms with Gasteiger partial charge in [0.15, 0.2) is 0 Å². The molecule has 0 aliphatic carbocycles. The van der Waals surface area contributed by atoms with Crippen LogP contribution in [0.5, 0.6) is 0 Å². The van der Waals surface area contributed by atoms with E-state index >= 15 is 0 Å². The number of aryl methyl sites for hydroxylation is 1. The third-order valence-electron chi connectivity index (χ3n) is 3.91. The molecule has 0 radical (unpaired) electrons. The summed E-state index contributed by atoms with van der Waals surface area (Å²) >= 11 is 3.59. The number of ether oxygens (including phenoxy) is 1. The van der Waals surface area contributed by atoms with E-state index < -0.39 is 5.60 Å². The van der Waals surface area contributed by atoms with Crippen LogP contribution in [0.4, 0.5) is 10.5 Å². The number of anilines is 1. The van der Waals surface area contributed by atoms with Crippen molar-refractivity contribution in [3.63, 3.8) is 0 Å². The van der Waals surface area contributed by atoms with E-state index in [-0.39, 0.29) is 12.1 Å². The Bertz CT molecular complexity index is 554. The molecule has 1 aliphatic heterocycles. The standard InChI is InChI=1S/C18H27BrN2O2/c1-13-8-9-16(15(19)11-13)20-12-14-7-5-6-10-21(14)17(22)23-18(2,3)4/h8-9,11,14,20H,5-7,10,12H2,1-4H3. The highest BCUT2D eigenvalue weighted by molar-refractivity contribution is 9.10. The molecule has 1 heterocycles. The highest BCUT2D eigenvalue weighted by Gasteiger charge is 2.30. The summed E-state index contributed by atoms with van der Waals surface area (Å²) in [7, 11) is 0. The fraction of sp³-hybridized carbons (Fsp3) is 0.611. The van der Waals surface area contributed by atoms with Crippen LogP contribution in [0, 0.1) is 6.92 Å². The predicted octanol–water partition coefficient (Wildman–Crippen LogP) is 4.96. The van der Waals surface area contributed by atoms with E-state index in [0.717, 1.165) is 42.5 Å². The van der Waals surface area contributed by atoms with Crippen LogP contribution in [0.1, 0.15) is 45.6 Å². The Morgan fingerprint density at radius 2 is 2.13 bits per heavy atom. The topological polar surface area (TPSA) is 41.6 Å². The third kappa shape index (κ3) is 5.41. The zero-order valence-electron chi connectivity index (χ0n) is 14.5. The van der Waals surface area contributed by atoms with Crippen LogP contribution in [0.25, 0.3) is 0 Å². The van der Waals surface area contributed by atoms with E-state index in [1.807, 2.05) is 25.7 Å². The number of hydrogen-bond acceptors (Lipinski definition) is 3. The summed E-state index contributed by atoms with van der Waals surface area (Å²) in [4.78, 5) is 14.3. The third-order valence-corrected chi connectivity index (χ3v) is 4.56. The molecule has 0 aromatic heterocycles. The molecule has 1 atom stereocenters. The van der Waals surface area contributed by atoms with Crippen molar-refractivity contribution in [2.24, 2.45) is 0 Å². The predicted molar refractivity (Wildman–Crippen MR) is 97.9 cm³/mol. The van der Waals surface area contributed by atoms with Crippen molar-refractivity contribution < 1.29 is 9.53 Å². The molecule has 23 heavy (non-hydrogen) atoms. The van der Waals surface area contributed by atoms with Crippen molar-refractivity contribution >= 4 is 27.7 Å². The monoisotopic (exact) mass is 382 g/mol. The molecule has 0 spiro atoms. The minimum atomic E-state index is -0.452. The average Bonchev–Trinajstić information content (AvgIpc) is 2.45. The van der Waals surface area contributed by atoms with E-state index in [2.05, 4.69) is 46.4 Å². The van der Waals surface area contributed by atoms with Crippen molar-refractivity contribution in [3.05, 3.63) is 28.2 Å². The first-order valence-electron chi connectivity index (χ1n) is 8.26. The largest absolute Gasteiger partial charge is 0.444 e. The molecule has 1 aromatic carbocycles. The highest BCUT2D eigenvalue weighted by Crippen LogP contribution is 2.25.